The molecule has 0 radical (unpaired) electrons. The van der Waals surface area contributed by atoms with Crippen molar-refractivity contribution in [3.05, 3.63) is 23.8 Å². The van der Waals surface area contributed by atoms with Gasteiger partial charge in [-0.05, 0) is 31.7 Å². The van der Waals surface area contributed by atoms with Crippen LogP contribution in [-0.4, -0.2) is 44.7 Å². The van der Waals surface area contributed by atoms with Crippen molar-refractivity contribution in [2.75, 3.05) is 33.9 Å². The SMILES string of the molecule is CCNCc1cc(OC)ccc1OCC(=O)N(C)CC. The molecule has 0 bridgehead atoms. The molecule has 112 valence electrons. The van der Waals surface area contributed by atoms with E-state index in [-0.39, 0.29) is 12.5 Å². The Labute approximate surface area is 120 Å². The summed E-state index contributed by atoms with van der Waals surface area (Å²) in [5.41, 5.74) is 0.984. The van der Waals surface area contributed by atoms with Crippen LogP contribution in [-0.2, 0) is 11.3 Å². The third-order valence-corrected chi connectivity index (χ3v) is 3.08. The Morgan fingerprint density at radius 3 is 2.70 bits per heavy atom. The molecule has 1 N–H and O–H groups in total. The molecule has 20 heavy (non-hydrogen) atoms. The fourth-order valence-corrected chi connectivity index (χ4v) is 1.65. The van der Waals surface area contributed by atoms with Gasteiger partial charge in [0.05, 0.1) is 7.11 Å². The lowest BCUT2D eigenvalue weighted by molar-refractivity contribution is -0.131. The molecule has 0 unspecified atom stereocenters. The summed E-state index contributed by atoms with van der Waals surface area (Å²) < 4.78 is 10.8. The monoisotopic (exact) mass is 280 g/mol. The minimum atomic E-state index is -0.0299. The van der Waals surface area contributed by atoms with Crippen LogP contribution in [0.25, 0.3) is 0 Å². The lowest BCUT2D eigenvalue weighted by Gasteiger charge is -2.17. The van der Waals surface area contributed by atoms with Gasteiger partial charge >= 0.3 is 0 Å². The highest BCUT2D eigenvalue weighted by atomic mass is 16.5. The van der Waals surface area contributed by atoms with Crippen molar-refractivity contribution in [1.29, 1.82) is 0 Å². The van der Waals surface area contributed by atoms with Crippen LogP contribution in [0.5, 0.6) is 11.5 Å². The highest BCUT2D eigenvalue weighted by molar-refractivity contribution is 5.77. The molecule has 1 amide bonds. The molecule has 1 aromatic rings. The van der Waals surface area contributed by atoms with Crippen LogP contribution >= 0.6 is 0 Å². The third-order valence-electron chi connectivity index (χ3n) is 3.08. The summed E-state index contributed by atoms with van der Waals surface area (Å²) in [5.74, 6) is 1.46. The van der Waals surface area contributed by atoms with Crippen LogP contribution in [0.1, 0.15) is 19.4 Å². The second-order valence-corrected chi connectivity index (χ2v) is 4.45. The highest BCUT2D eigenvalue weighted by Crippen LogP contribution is 2.24. The van der Waals surface area contributed by atoms with E-state index in [1.807, 2.05) is 32.0 Å². The first-order chi connectivity index (χ1) is 9.62. The lowest BCUT2D eigenvalue weighted by Crippen LogP contribution is -2.31. The summed E-state index contributed by atoms with van der Waals surface area (Å²) >= 11 is 0. The smallest absolute Gasteiger partial charge is 0.260 e. The summed E-state index contributed by atoms with van der Waals surface area (Å²) in [6.45, 7) is 6.25. The molecule has 0 saturated carbocycles. The van der Waals surface area contributed by atoms with E-state index in [0.29, 0.717) is 18.8 Å². The second-order valence-electron chi connectivity index (χ2n) is 4.45. The van der Waals surface area contributed by atoms with Crippen molar-refractivity contribution in [2.24, 2.45) is 0 Å². The van der Waals surface area contributed by atoms with Crippen molar-refractivity contribution in [3.8, 4) is 11.5 Å². The molecule has 5 heteroatoms. The average molecular weight is 280 g/mol. The second kappa shape index (κ2) is 8.43. The van der Waals surface area contributed by atoms with Crippen molar-refractivity contribution in [3.63, 3.8) is 0 Å². The predicted octanol–water partition coefficient (Wildman–Crippen LogP) is 1.66. The van der Waals surface area contributed by atoms with Gasteiger partial charge in [0.2, 0.25) is 0 Å². The number of nitrogens with one attached hydrogen (secondary N) is 1. The maximum Gasteiger partial charge on any atom is 0.260 e. The van der Waals surface area contributed by atoms with E-state index in [4.69, 9.17) is 9.47 Å². The fraction of sp³-hybridized carbons (Fsp3) is 0.533. The van der Waals surface area contributed by atoms with Crippen LogP contribution in [0.4, 0.5) is 0 Å². The number of hydrogen-bond donors (Lipinski definition) is 1. The molecular formula is C15H24N2O3. The van der Waals surface area contributed by atoms with Gasteiger partial charge in [-0.3, -0.25) is 4.79 Å². The molecular weight excluding hydrogens is 256 g/mol. The van der Waals surface area contributed by atoms with Crippen LogP contribution < -0.4 is 14.8 Å². The van der Waals surface area contributed by atoms with Crippen LogP contribution in [0.3, 0.4) is 0 Å². The van der Waals surface area contributed by atoms with E-state index in [0.717, 1.165) is 17.9 Å². The number of amides is 1. The number of rotatable bonds is 8. The first kappa shape index (κ1) is 16.3. The van der Waals surface area contributed by atoms with E-state index >= 15 is 0 Å². The molecule has 0 fully saturated rings. The van der Waals surface area contributed by atoms with Gasteiger partial charge < -0.3 is 19.7 Å². The number of ether oxygens (including phenoxy) is 2. The van der Waals surface area contributed by atoms with E-state index in [9.17, 15) is 4.79 Å². The first-order valence-electron chi connectivity index (χ1n) is 6.86. The number of hydrogen-bond acceptors (Lipinski definition) is 4. The Morgan fingerprint density at radius 2 is 2.10 bits per heavy atom. The Kier molecular flexibility index (Phi) is 6.87. The summed E-state index contributed by atoms with van der Waals surface area (Å²) in [4.78, 5) is 13.4. The van der Waals surface area contributed by atoms with Gasteiger partial charge in [-0.1, -0.05) is 6.92 Å². The van der Waals surface area contributed by atoms with Crippen molar-refractivity contribution in [1.82, 2.24) is 10.2 Å². The number of likely N-dealkylation sites (N-methyl/N-ethyl adjacent to an activating group) is 1. The first-order valence-corrected chi connectivity index (χ1v) is 6.86. The standard InChI is InChI=1S/C15H24N2O3/c1-5-16-10-12-9-13(19-4)7-8-14(12)20-11-15(18)17(3)6-2/h7-9,16H,5-6,10-11H2,1-4H3. The number of nitrogens with zero attached hydrogens (tertiary/aromatic N) is 1. The zero-order chi connectivity index (χ0) is 15.0. The van der Waals surface area contributed by atoms with Crippen LogP contribution in [0.2, 0.25) is 0 Å². The van der Waals surface area contributed by atoms with Crippen molar-refractivity contribution in [2.45, 2.75) is 20.4 Å². The largest absolute Gasteiger partial charge is 0.497 e. The summed E-state index contributed by atoms with van der Waals surface area (Å²) in [5, 5.41) is 3.25. The Bertz CT molecular complexity index is 435. The molecule has 0 spiro atoms. The maximum absolute atomic E-state index is 11.8. The predicted molar refractivity (Wildman–Crippen MR) is 79.2 cm³/mol. The Balaban J connectivity index is 2.74. The fourth-order valence-electron chi connectivity index (χ4n) is 1.65. The summed E-state index contributed by atoms with van der Waals surface area (Å²) in [6.07, 6.45) is 0. The van der Waals surface area contributed by atoms with Gasteiger partial charge in [-0.2, -0.15) is 0 Å². The van der Waals surface area contributed by atoms with Gasteiger partial charge in [0, 0.05) is 25.7 Å². The molecule has 1 aromatic carbocycles. The molecule has 0 aliphatic rings. The van der Waals surface area contributed by atoms with Crippen molar-refractivity contribution >= 4 is 5.91 Å². The molecule has 5 nitrogen and oxygen atoms in total. The molecule has 0 aromatic heterocycles. The van der Waals surface area contributed by atoms with Gasteiger partial charge in [-0.25, -0.2) is 0 Å². The Hall–Kier alpha value is -1.75. The van der Waals surface area contributed by atoms with Gasteiger partial charge in [-0.15, -0.1) is 0 Å². The quantitative estimate of drug-likeness (QED) is 0.787. The zero-order valence-corrected chi connectivity index (χ0v) is 12.7. The van der Waals surface area contributed by atoms with Crippen LogP contribution in [0, 0.1) is 0 Å². The van der Waals surface area contributed by atoms with E-state index < -0.39 is 0 Å². The van der Waals surface area contributed by atoms with E-state index in [2.05, 4.69) is 5.32 Å². The van der Waals surface area contributed by atoms with Crippen LogP contribution in [0.15, 0.2) is 18.2 Å². The van der Waals surface area contributed by atoms with Gasteiger partial charge in [0.25, 0.3) is 5.91 Å². The normalized spacial score (nSPS) is 10.2. The average Bonchev–Trinajstić information content (AvgIpc) is 2.49. The Morgan fingerprint density at radius 1 is 1.35 bits per heavy atom. The maximum atomic E-state index is 11.8. The van der Waals surface area contributed by atoms with Crippen molar-refractivity contribution < 1.29 is 14.3 Å². The minimum Gasteiger partial charge on any atom is -0.497 e. The lowest BCUT2D eigenvalue weighted by atomic mass is 10.2. The molecule has 0 aliphatic carbocycles. The van der Waals surface area contributed by atoms with Gasteiger partial charge in [0.15, 0.2) is 6.61 Å². The molecule has 1 rings (SSSR count). The molecule has 0 aliphatic heterocycles. The van der Waals surface area contributed by atoms with Gasteiger partial charge in [0.1, 0.15) is 11.5 Å². The van der Waals surface area contributed by atoms with E-state index in [1.165, 1.54) is 0 Å². The van der Waals surface area contributed by atoms with E-state index in [1.54, 1.807) is 19.1 Å². The topological polar surface area (TPSA) is 50.8 Å². The number of carbonyl (C=O) groups excluding carboxylic acids is 1. The molecule has 0 heterocycles. The minimum absolute atomic E-state index is 0.0299. The summed E-state index contributed by atoms with van der Waals surface area (Å²) in [6, 6.07) is 5.59. The summed E-state index contributed by atoms with van der Waals surface area (Å²) in [7, 11) is 3.39. The zero-order valence-electron chi connectivity index (χ0n) is 12.7. The molecule has 0 atom stereocenters. The third kappa shape index (κ3) is 4.74. The number of benzene rings is 1. The number of carbonyl (C=O) groups is 1. The highest BCUT2D eigenvalue weighted by Gasteiger charge is 2.10. The molecule has 0 saturated heterocycles. The number of methoxy groups -OCH3 is 1.